The topological polar surface area (TPSA) is 148 Å². The summed E-state index contributed by atoms with van der Waals surface area (Å²) in [5, 5.41) is 36.7. The fourth-order valence-electron chi connectivity index (χ4n) is 5.87. The van der Waals surface area contributed by atoms with Crippen LogP contribution in [0, 0.1) is 47.4 Å². The number of nitriles is 2. The maximum atomic E-state index is 13.8. The molecule has 306 valence electrons. The van der Waals surface area contributed by atoms with Gasteiger partial charge >= 0.3 is 7.12 Å². The van der Waals surface area contributed by atoms with E-state index in [0.29, 0.717) is 39.9 Å². The molecular weight excluding hydrogens is 817 g/mol. The van der Waals surface area contributed by atoms with Gasteiger partial charge in [-0.3, -0.25) is 0 Å². The van der Waals surface area contributed by atoms with Crippen molar-refractivity contribution in [2.45, 2.75) is 7.43 Å². The molecule has 0 aliphatic rings. The lowest BCUT2D eigenvalue weighted by molar-refractivity contribution is 0.425. The fourth-order valence-corrected chi connectivity index (χ4v) is 6.08. The Balaban J connectivity index is 0.000000225. The molecule has 2 N–H and O–H groups in total. The predicted molar refractivity (Wildman–Crippen MR) is 243 cm³/mol. The van der Waals surface area contributed by atoms with Gasteiger partial charge in [-0.15, -0.1) is 0 Å². The summed E-state index contributed by atoms with van der Waals surface area (Å²) in [5.41, 5.74) is 5.53. The van der Waals surface area contributed by atoms with Crippen LogP contribution in [0.3, 0.4) is 0 Å². The van der Waals surface area contributed by atoms with Gasteiger partial charge in [0.05, 0.1) is 30.2 Å². The summed E-state index contributed by atoms with van der Waals surface area (Å²) in [4.78, 5) is 24.1. The number of hydrogen-bond donors (Lipinski definition) is 2. The molecule has 0 spiro atoms. The lowest BCUT2D eigenvalue weighted by atomic mass is 9.80. The normalized spacial score (nSPS) is 9.79. The van der Waals surface area contributed by atoms with E-state index in [-0.39, 0.29) is 36.4 Å². The molecule has 8 rings (SSSR count). The van der Waals surface area contributed by atoms with Crippen LogP contribution in [0.4, 0.5) is 20.2 Å². The van der Waals surface area contributed by atoms with Crippen LogP contribution in [-0.4, -0.2) is 37.1 Å². The van der Waals surface area contributed by atoms with E-state index in [1.54, 1.807) is 0 Å². The van der Waals surface area contributed by atoms with Crippen molar-refractivity contribution in [1.29, 1.82) is 10.5 Å². The number of halogens is 3. The van der Waals surface area contributed by atoms with Crippen LogP contribution in [-0.2, 0) is 0 Å². The zero-order valence-corrected chi connectivity index (χ0v) is 33.0. The first-order valence-corrected chi connectivity index (χ1v) is 18.7. The monoisotopic (exact) mass is 851 g/mol. The van der Waals surface area contributed by atoms with E-state index in [1.165, 1.54) is 24.3 Å². The second kappa shape index (κ2) is 21.7. The molecule has 0 amide bonds. The number of benzene rings is 6. The molecule has 6 aromatic carbocycles. The quantitative estimate of drug-likeness (QED) is 0.0954. The molecule has 0 unspecified atom stereocenters. The number of hydrogen-bond acceptors (Lipinski definition) is 8. The molecule has 10 nitrogen and oxygen atoms in total. The molecule has 0 atom stereocenters. The van der Waals surface area contributed by atoms with Crippen molar-refractivity contribution >= 4 is 35.6 Å². The average Bonchev–Trinajstić information content (AvgIpc) is 3.32. The molecule has 2 heterocycles. The van der Waals surface area contributed by atoms with Crippen molar-refractivity contribution < 1.29 is 20.3 Å². The van der Waals surface area contributed by atoms with E-state index in [0.717, 1.165) is 34.4 Å². The summed E-state index contributed by atoms with van der Waals surface area (Å²) in [7, 11) is -1.66. The van der Waals surface area contributed by atoms with Gasteiger partial charge in [-0.2, -0.15) is 10.5 Å². The van der Waals surface area contributed by atoms with Crippen molar-refractivity contribution in [1.82, 2.24) is 19.9 Å². The zero-order valence-electron chi connectivity index (χ0n) is 32.2. The van der Waals surface area contributed by atoms with E-state index in [1.807, 2.05) is 121 Å². The maximum Gasteiger partial charge on any atom is 0.487 e. The molecule has 0 saturated carbocycles. The molecule has 0 fully saturated rings. The minimum absolute atomic E-state index is 0. The average molecular weight is 852 g/mol. The van der Waals surface area contributed by atoms with Gasteiger partial charge in [0.1, 0.15) is 34.9 Å². The molecule has 8 aromatic rings. The van der Waals surface area contributed by atoms with E-state index >= 15 is 0 Å². The van der Waals surface area contributed by atoms with Crippen LogP contribution in [0.1, 0.15) is 20.0 Å². The third-order valence-electron chi connectivity index (χ3n) is 8.88. The lowest BCUT2D eigenvalue weighted by Crippen LogP contribution is -2.29. The summed E-state index contributed by atoms with van der Waals surface area (Å²) in [5.74, 6) is -0.303. The standard InChI is InChI=1S/C24H13FN4.C17H10ClN3.C7H5BFNO2.CH4.H2/c1-27-21-14-18(12-13-20(21)25)23-19(15-26)22(16-8-4-2-5-9-16)28-24(29-23)17-10-6-3-7-11-17;18-16-14(11-19)15(12-7-3-1-4-8-12)20-17(21-16)13-9-5-2-6-10-13;1-10-7-4-5(8(11)12)2-3-6(7)9;;/h2-14H;1-10H;2-4,11-12H;1H4;1H/i;;;;1+1. The van der Waals surface area contributed by atoms with Crippen molar-refractivity contribution in [2.75, 3.05) is 0 Å². The Kier molecular flexibility index (Phi) is 15.7. The van der Waals surface area contributed by atoms with Crippen LogP contribution in [0.2, 0.25) is 5.15 Å². The number of aromatic nitrogens is 4. The SMILES string of the molecule is C.N#Cc1c(Cl)nc(-c2ccccc2)nc1-c1ccccc1.[2HH].[C-]#[N+]c1cc(-c2nc(-c3ccccc3)nc(-c3ccccc3)c2C#N)ccc1F.[C-]#[N+]c1cc(B(O)O)ccc1F. The first-order valence-electron chi connectivity index (χ1n) is 18.4. The van der Waals surface area contributed by atoms with Gasteiger partial charge in [-0.1, -0.05) is 159 Å². The second-order valence-electron chi connectivity index (χ2n) is 12.8. The smallest absolute Gasteiger partial charge is 0.423 e. The third kappa shape index (κ3) is 11.0. The highest BCUT2D eigenvalue weighted by molar-refractivity contribution is 6.58. The van der Waals surface area contributed by atoms with Crippen LogP contribution in [0.5, 0.6) is 0 Å². The Morgan fingerprint density at radius 2 is 0.905 bits per heavy atom. The molecule has 0 bridgehead atoms. The summed E-state index contributed by atoms with van der Waals surface area (Å²) in [6.07, 6.45) is 0. The van der Waals surface area contributed by atoms with E-state index in [2.05, 4.69) is 41.8 Å². The highest BCUT2D eigenvalue weighted by atomic mass is 35.5. The van der Waals surface area contributed by atoms with Crippen LogP contribution < -0.4 is 5.46 Å². The molecule has 14 heteroatoms. The molecule has 0 radical (unpaired) electrons. The Morgan fingerprint density at radius 3 is 1.33 bits per heavy atom. The van der Waals surface area contributed by atoms with E-state index in [9.17, 15) is 19.3 Å². The lowest BCUT2D eigenvalue weighted by Gasteiger charge is -2.12. The van der Waals surface area contributed by atoms with Gasteiger partial charge in [0.25, 0.3) is 0 Å². The van der Waals surface area contributed by atoms with E-state index < -0.39 is 18.8 Å². The second-order valence-corrected chi connectivity index (χ2v) is 13.2. The number of rotatable bonds is 6. The highest BCUT2D eigenvalue weighted by Gasteiger charge is 2.20. The molecule has 2 aromatic heterocycles. The number of nitrogens with zero attached hydrogens (tertiary/aromatic N) is 8. The van der Waals surface area contributed by atoms with Gasteiger partial charge in [0, 0.05) is 23.7 Å². The Bertz CT molecular complexity index is 3040. The third-order valence-corrected chi connectivity index (χ3v) is 9.16. The molecule has 0 aliphatic carbocycles. The van der Waals surface area contributed by atoms with Gasteiger partial charge < -0.3 is 10.0 Å². The Hall–Kier alpha value is -8.43. The highest BCUT2D eigenvalue weighted by Crippen LogP contribution is 2.34. The summed E-state index contributed by atoms with van der Waals surface area (Å²) >= 11 is 6.16. The first kappa shape index (κ1) is 45.7. The van der Waals surface area contributed by atoms with Gasteiger partial charge in [-0.25, -0.2) is 38.4 Å². The van der Waals surface area contributed by atoms with Gasteiger partial charge in [-0.05, 0) is 29.2 Å². The van der Waals surface area contributed by atoms with Crippen molar-refractivity contribution in [3.63, 3.8) is 0 Å². The molecular formula is C49H34BClF2N8O2. The predicted octanol–water partition coefficient (Wildman–Crippen LogP) is 11.3. The fraction of sp³-hybridized carbons (Fsp3) is 0.0204. The van der Waals surface area contributed by atoms with Crippen molar-refractivity contribution in [3.05, 3.63) is 208 Å². The van der Waals surface area contributed by atoms with Crippen LogP contribution in [0.15, 0.2) is 158 Å². The largest absolute Gasteiger partial charge is 0.487 e. The first-order chi connectivity index (χ1) is 30.1. The van der Waals surface area contributed by atoms with Gasteiger partial charge in [0.15, 0.2) is 16.8 Å². The van der Waals surface area contributed by atoms with Crippen molar-refractivity contribution in [2.24, 2.45) is 0 Å². The van der Waals surface area contributed by atoms with Crippen LogP contribution in [0.25, 0.3) is 66.2 Å². The minimum Gasteiger partial charge on any atom is -0.423 e. The molecule has 0 aliphatic heterocycles. The Labute approximate surface area is 369 Å². The molecule has 0 saturated heterocycles. The summed E-state index contributed by atoms with van der Waals surface area (Å²) in [6.45, 7) is 13.7. The minimum atomic E-state index is -1.66. The van der Waals surface area contributed by atoms with E-state index in [4.69, 9.17) is 34.8 Å². The zero-order chi connectivity index (χ0) is 44.0. The van der Waals surface area contributed by atoms with Gasteiger partial charge in [0.2, 0.25) is 11.4 Å². The summed E-state index contributed by atoms with van der Waals surface area (Å²) in [6, 6.07) is 49.7. The maximum absolute atomic E-state index is 13.8. The molecule has 63 heavy (non-hydrogen) atoms. The summed E-state index contributed by atoms with van der Waals surface area (Å²) < 4.78 is 26.5. The Morgan fingerprint density at radius 1 is 0.524 bits per heavy atom. The van der Waals surface area contributed by atoms with Crippen LogP contribution >= 0.6 is 11.6 Å². The van der Waals surface area contributed by atoms with Crippen molar-refractivity contribution in [3.8, 4) is 68.7 Å².